The molecule has 24 heavy (non-hydrogen) atoms. The third-order valence-corrected chi connectivity index (χ3v) is 4.37. The van der Waals surface area contributed by atoms with E-state index in [9.17, 15) is 0 Å². The standard InChI is InChI=1S/C22H26N2/c1-4-21(18-11-7-5-8-12-18)22-16-19(15-17(2)3)23-24(22)20-13-9-6-10-14-20/h5-14,16-17,21H,4,15H2,1-3H3. The first-order chi connectivity index (χ1) is 11.7. The third-order valence-electron chi connectivity index (χ3n) is 4.37. The zero-order valence-corrected chi connectivity index (χ0v) is 14.8. The summed E-state index contributed by atoms with van der Waals surface area (Å²) in [6.07, 6.45) is 2.07. The molecule has 0 aliphatic carbocycles. The van der Waals surface area contributed by atoms with Gasteiger partial charge in [0.2, 0.25) is 0 Å². The Kier molecular flexibility index (Phi) is 5.14. The van der Waals surface area contributed by atoms with Gasteiger partial charge in [0.25, 0.3) is 0 Å². The van der Waals surface area contributed by atoms with Gasteiger partial charge in [0.1, 0.15) is 0 Å². The average molecular weight is 318 g/mol. The second-order valence-corrected chi connectivity index (χ2v) is 6.78. The summed E-state index contributed by atoms with van der Waals surface area (Å²) < 4.78 is 2.14. The molecule has 2 aromatic carbocycles. The first kappa shape index (κ1) is 16.5. The summed E-state index contributed by atoms with van der Waals surface area (Å²) in [6, 6.07) is 23.5. The molecule has 0 spiro atoms. The van der Waals surface area contributed by atoms with Gasteiger partial charge < -0.3 is 0 Å². The van der Waals surface area contributed by atoms with Gasteiger partial charge in [-0.15, -0.1) is 0 Å². The van der Waals surface area contributed by atoms with Gasteiger partial charge in [-0.2, -0.15) is 5.10 Å². The van der Waals surface area contributed by atoms with Crippen molar-refractivity contribution in [2.75, 3.05) is 0 Å². The van der Waals surface area contributed by atoms with E-state index in [2.05, 4.69) is 92.2 Å². The fraction of sp³-hybridized carbons (Fsp3) is 0.318. The normalized spacial score (nSPS) is 12.5. The Hall–Kier alpha value is -2.35. The van der Waals surface area contributed by atoms with Gasteiger partial charge in [-0.3, -0.25) is 0 Å². The zero-order chi connectivity index (χ0) is 16.9. The number of para-hydroxylation sites is 1. The molecule has 0 fully saturated rings. The van der Waals surface area contributed by atoms with E-state index in [1.807, 2.05) is 0 Å². The molecule has 1 atom stereocenters. The Bertz CT molecular complexity index is 757. The zero-order valence-electron chi connectivity index (χ0n) is 14.8. The predicted octanol–water partition coefficient (Wildman–Crippen LogP) is 5.61. The van der Waals surface area contributed by atoms with Crippen molar-refractivity contribution < 1.29 is 0 Å². The van der Waals surface area contributed by atoms with Crippen LogP contribution in [0.4, 0.5) is 0 Å². The van der Waals surface area contributed by atoms with Crippen LogP contribution in [0.2, 0.25) is 0 Å². The van der Waals surface area contributed by atoms with E-state index in [0.717, 1.165) is 18.5 Å². The number of hydrogen-bond donors (Lipinski definition) is 0. The van der Waals surface area contributed by atoms with Crippen LogP contribution in [0.3, 0.4) is 0 Å². The van der Waals surface area contributed by atoms with Crippen molar-refractivity contribution in [1.29, 1.82) is 0 Å². The number of nitrogens with zero attached hydrogens (tertiary/aromatic N) is 2. The molecule has 2 nitrogen and oxygen atoms in total. The van der Waals surface area contributed by atoms with Gasteiger partial charge in [-0.25, -0.2) is 4.68 Å². The number of benzene rings is 2. The van der Waals surface area contributed by atoms with Crippen molar-refractivity contribution in [3.8, 4) is 5.69 Å². The Morgan fingerprint density at radius 2 is 1.54 bits per heavy atom. The van der Waals surface area contributed by atoms with E-state index in [0.29, 0.717) is 11.8 Å². The number of aromatic nitrogens is 2. The molecule has 2 heteroatoms. The van der Waals surface area contributed by atoms with E-state index >= 15 is 0 Å². The summed E-state index contributed by atoms with van der Waals surface area (Å²) in [4.78, 5) is 0. The predicted molar refractivity (Wildman–Crippen MR) is 101 cm³/mol. The minimum absolute atomic E-state index is 0.361. The molecule has 124 valence electrons. The minimum Gasteiger partial charge on any atom is -0.237 e. The molecule has 0 saturated heterocycles. The first-order valence-corrected chi connectivity index (χ1v) is 8.88. The molecule has 3 rings (SSSR count). The monoisotopic (exact) mass is 318 g/mol. The molecule has 0 amide bonds. The summed E-state index contributed by atoms with van der Waals surface area (Å²) in [5.74, 6) is 0.966. The van der Waals surface area contributed by atoms with Gasteiger partial charge in [0.15, 0.2) is 0 Å². The first-order valence-electron chi connectivity index (χ1n) is 8.88. The quantitative estimate of drug-likeness (QED) is 0.577. The van der Waals surface area contributed by atoms with Crippen LogP contribution < -0.4 is 0 Å². The second kappa shape index (κ2) is 7.48. The smallest absolute Gasteiger partial charge is 0.0649 e. The average Bonchev–Trinajstić information content (AvgIpc) is 3.00. The van der Waals surface area contributed by atoms with Crippen molar-refractivity contribution in [1.82, 2.24) is 9.78 Å². The van der Waals surface area contributed by atoms with E-state index in [1.165, 1.54) is 17.0 Å². The maximum absolute atomic E-state index is 4.93. The van der Waals surface area contributed by atoms with Crippen LogP contribution in [0.25, 0.3) is 5.69 Å². The lowest BCUT2D eigenvalue weighted by molar-refractivity contribution is 0.625. The van der Waals surface area contributed by atoms with Gasteiger partial charge in [-0.1, -0.05) is 69.3 Å². The minimum atomic E-state index is 0.361. The highest BCUT2D eigenvalue weighted by molar-refractivity contribution is 5.38. The molecule has 0 N–H and O–H groups in total. The summed E-state index contributed by atoms with van der Waals surface area (Å²) in [5.41, 5.74) is 4.95. The molecule has 1 heterocycles. The van der Waals surface area contributed by atoms with Gasteiger partial charge >= 0.3 is 0 Å². The van der Waals surface area contributed by atoms with Crippen LogP contribution >= 0.6 is 0 Å². The lowest BCUT2D eigenvalue weighted by Gasteiger charge is -2.17. The molecule has 0 bridgehead atoms. The van der Waals surface area contributed by atoms with Crippen molar-refractivity contribution in [3.05, 3.63) is 83.7 Å². The molecule has 1 unspecified atom stereocenters. The maximum atomic E-state index is 4.93. The van der Waals surface area contributed by atoms with Gasteiger partial charge in [0, 0.05) is 5.92 Å². The number of rotatable bonds is 6. The molecule has 3 aromatic rings. The Morgan fingerprint density at radius 3 is 2.12 bits per heavy atom. The van der Waals surface area contributed by atoms with Crippen molar-refractivity contribution >= 4 is 0 Å². The largest absolute Gasteiger partial charge is 0.237 e. The molecule has 0 radical (unpaired) electrons. The number of hydrogen-bond acceptors (Lipinski definition) is 1. The van der Waals surface area contributed by atoms with Crippen LogP contribution in [0.1, 0.15) is 50.1 Å². The SMILES string of the molecule is CCC(c1ccccc1)c1cc(CC(C)C)nn1-c1ccccc1. The van der Waals surface area contributed by atoms with Crippen LogP contribution in [0, 0.1) is 5.92 Å². The molecular formula is C22H26N2. The Morgan fingerprint density at radius 1 is 0.917 bits per heavy atom. The highest BCUT2D eigenvalue weighted by Crippen LogP contribution is 2.30. The lowest BCUT2D eigenvalue weighted by Crippen LogP contribution is -2.08. The molecule has 0 saturated carbocycles. The van der Waals surface area contributed by atoms with E-state index in [4.69, 9.17) is 5.10 Å². The highest BCUT2D eigenvalue weighted by atomic mass is 15.3. The summed E-state index contributed by atoms with van der Waals surface area (Å²) in [5, 5.41) is 4.93. The highest BCUT2D eigenvalue weighted by Gasteiger charge is 2.20. The molecule has 0 aliphatic heterocycles. The third kappa shape index (κ3) is 3.59. The van der Waals surface area contributed by atoms with Crippen molar-refractivity contribution in [2.24, 2.45) is 5.92 Å². The molecule has 1 aromatic heterocycles. The summed E-state index contributed by atoms with van der Waals surface area (Å²) in [6.45, 7) is 6.74. The van der Waals surface area contributed by atoms with Crippen LogP contribution in [0.15, 0.2) is 66.7 Å². The Balaban J connectivity index is 2.09. The van der Waals surface area contributed by atoms with Crippen molar-refractivity contribution in [3.63, 3.8) is 0 Å². The van der Waals surface area contributed by atoms with Gasteiger partial charge in [0.05, 0.1) is 17.1 Å². The topological polar surface area (TPSA) is 17.8 Å². The lowest BCUT2D eigenvalue weighted by atomic mass is 9.92. The van der Waals surface area contributed by atoms with E-state index in [1.54, 1.807) is 0 Å². The second-order valence-electron chi connectivity index (χ2n) is 6.78. The summed E-state index contributed by atoms with van der Waals surface area (Å²) >= 11 is 0. The maximum Gasteiger partial charge on any atom is 0.0649 e. The Labute approximate surface area is 145 Å². The molecule has 0 aliphatic rings. The molecular weight excluding hydrogens is 292 g/mol. The van der Waals surface area contributed by atoms with E-state index < -0.39 is 0 Å². The fourth-order valence-corrected chi connectivity index (χ4v) is 3.29. The summed E-state index contributed by atoms with van der Waals surface area (Å²) in [7, 11) is 0. The van der Waals surface area contributed by atoms with Crippen molar-refractivity contribution in [2.45, 2.75) is 39.5 Å². The van der Waals surface area contributed by atoms with Crippen LogP contribution in [0.5, 0.6) is 0 Å². The van der Waals surface area contributed by atoms with Crippen LogP contribution in [-0.2, 0) is 6.42 Å². The van der Waals surface area contributed by atoms with Crippen LogP contribution in [-0.4, -0.2) is 9.78 Å². The van der Waals surface area contributed by atoms with Gasteiger partial charge in [-0.05, 0) is 42.5 Å². The van der Waals surface area contributed by atoms with E-state index in [-0.39, 0.29) is 0 Å². The fourth-order valence-electron chi connectivity index (χ4n) is 3.29.